The molecule has 114 valence electrons. The molecule has 0 bridgehead atoms. The number of rotatable bonds is 4. The summed E-state index contributed by atoms with van der Waals surface area (Å²) < 4.78 is 5.71. The summed E-state index contributed by atoms with van der Waals surface area (Å²) in [5.41, 5.74) is 1.20. The third kappa shape index (κ3) is 3.29. The van der Waals surface area contributed by atoms with Gasteiger partial charge in [-0.3, -0.25) is 0 Å². The molecule has 0 unspecified atom stereocenters. The summed E-state index contributed by atoms with van der Waals surface area (Å²) in [6.07, 6.45) is 2.02. The molecule has 1 spiro atoms. The monoisotopic (exact) mass is 289 g/mol. The number of ether oxygens (including phenoxy) is 1. The van der Waals surface area contributed by atoms with E-state index < -0.39 is 0 Å². The Morgan fingerprint density at radius 2 is 1.95 bits per heavy atom. The molecule has 3 rings (SSSR count). The van der Waals surface area contributed by atoms with E-state index in [9.17, 15) is 4.79 Å². The van der Waals surface area contributed by atoms with Crippen molar-refractivity contribution in [1.82, 2.24) is 15.5 Å². The van der Waals surface area contributed by atoms with Crippen LogP contribution < -0.4 is 15.4 Å². The largest absolute Gasteiger partial charge is 0.492 e. The van der Waals surface area contributed by atoms with Crippen molar-refractivity contribution in [2.24, 2.45) is 0 Å². The Labute approximate surface area is 125 Å². The van der Waals surface area contributed by atoms with Crippen LogP contribution in [-0.2, 0) is 0 Å². The van der Waals surface area contributed by atoms with Crippen LogP contribution in [-0.4, -0.2) is 49.3 Å². The highest BCUT2D eigenvalue weighted by Gasteiger charge is 2.42. The summed E-state index contributed by atoms with van der Waals surface area (Å²) >= 11 is 0. The predicted molar refractivity (Wildman–Crippen MR) is 81.6 cm³/mol. The van der Waals surface area contributed by atoms with Gasteiger partial charge in [-0.25, -0.2) is 4.79 Å². The first-order chi connectivity index (χ1) is 10.2. The van der Waals surface area contributed by atoms with Gasteiger partial charge < -0.3 is 20.3 Å². The molecule has 0 radical (unpaired) electrons. The second kappa shape index (κ2) is 5.93. The lowest BCUT2D eigenvalue weighted by Crippen LogP contribution is -2.51. The Hall–Kier alpha value is -1.75. The zero-order chi connectivity index (χ0) is 14.7. The van der Waals surface area contributed by atoms with Crippen molar-refractivity contribution in [2.75, 3.05) is 32.8 Å². The number of nitrogens with zero attached hydrogens (tertiary/aromatic N) is 1. The normalized spacial score (nSPS) is 20.6. The molecule has 2 N–H and O–H groups in total. The van der Waals surface area contributed by atoms with E-state index in [2.05, 4.69) is 17.6 Å². The summed E-state index contributed by atoms with van der Waals surface area (Å²) in [6, 6.07) is 8.04. The van der Waals surface area contributed by atoms with Crippen molar-refractivity contribution >= 4 is 6.03 Å². The van der Waals surface area contributed by atoms with Crippen molar-refractivity contribution in [3.8, 4) is 5.75 Å². The van der Waals surface area contributed by atoms with Gasteiger partial charge >= 0.3 is 6.03 Å². The second-order valence-electron chi connectivity index (χ2n) is 6.04. The molecule has 0 aliphatic carbocycles. The fourth-order valence-corrected chi connectivity index (χ4v) is 3.06. The maximum absolute atomic E-state index is 12.1. The fourth-order valence-electron chi connectivity index (χ4n) is 3.06. The van der Waals surface area contributed by atoms with Crippen LogP contribution in [0.1, 0.15) is 18.4 Å². The number of hydrogen-bond acceptors (Lipinski definition) is 3. The topological polar surface area (TPSA) is 53.6 Å². The van der Waals surface area contributed by atoms with Crippen LogP contribution in [0.15, 0.2) is 24.3 Å². The third-order valence-corrected chi connectivity index (χ3v) is 4.36. The predicted octanol–water partition coefficient (Wildman–Crippen LogP) is 1.52. The van der Waals surface area contributed by atoms with Crippen molar-refractivity contribution in [3.05, 3.63) is 29.8 Å². The summed E-state index contributed by atoms with van der Waals surface area (Å²) in [5, 5.41) is 6.51. The van der Waals surface area contributed by atoms with E-state index in [1.54, 1.807) is 0 Å². The average molecular weight is 289 g/mol. The van der Waals surface area contributed by atoms with Gasteiger partial charge in [-0.1, -0.05) is 17.7 Å². The SMILES string of the molecule is Cc1ccc(OCCN2CC3(CCNCC3)NC2=O)cc1. The molecule has 0 aromatic heterocycles. The van der Waals surface area contributed by atoms with Gasteiger partial charge in [-0.15, -0.1) is 0 Å². The molecule has 2 amide bonds. The van der Waals surface area contributed by atoms with Crippen LogP contribution in [0.2, 0.25) is 0 Å². The van der Waals surface area contributed by atoms with Gasteiger partial charge in [-0.2, -0.15) is 0 Å². The van der Waals surface area contributed by atoms with E-state index in [1.165, 1.54) is 5.56 Å². The summed E-state index contributed by atoms with van der Waals surface area (Å²) in [6.45, 7) is 5.98. The van der Waals surface area contributed by atoms with Gasteiger partial charge in [0.25, 0.3) is 0 Å². The van der Waals surface area contributed by atoms with E-state index >= 15 is 0 Å². The molecule has 2 fully saturated rings. The van der Waals surface area contributed by atoms with Gasteiger partial charge in [-0.05, 0) is 45.0 Å². The van der Waals surface area contributed by atoms with E-state index in [4.69, 9.17) is 4.74 Å². The molecule has 0 saturated carbocycles. The number of aryl methyl sites for hydroxylation is 1. The van der Waals surface area contributed by atoms with Gasteiger partial charge in [0.05, 0.1) is 12.1 Å². The fraction of sp³-hybridized carbons (Fsp3) is 0.562. The number of carbonyl (C=O) groups excluding carboxylic acids is 1. The summed E-state index contributed by atoms with van der Waals surface area (Å²) in [4.78, 5) is 13.9. The number of urea groups is 1. The van der Waals surface area contributed by atoms with E-state index in [0.29, 0.717) is 13.2 Å². The molecule has 21 heavy (non-hydrogen) atoms. The molecule has 5 heteroatoms. The van der Waals surface area contributed by atoms with Crippen molar-refractivity contribution < 1.29 is 9.53 Å². The maximum atomic E-state index is 12.1. The molecule has 2 heterocycles. The van der Waals surface area contributed by atoms with Gasteiger partial charge in [0.1, 0.15) is 12.4 Å². The van der Waals surface area contributed by atoms with Crippen LogP contribution in [0, 0.1) is 6.92 Å². The minimum absolute atomic E-state index is 0.0216. The Balaban J connectivity index is 1.49. The first-order valence-corrected chi connectivity index (χ1v) is 7.64. The van der Waals surface area contributed by atoms with Crippen molar-refractivity contribution in [3.63, 3.8) is 0 Å². The van der Waals surface area contributed by atoms with Crippen LogP contribution in [0.25, 0.3) is 0 Å². The van der Waals surface area contributed by atoms with Gasteiger partial charge in [0, 0.05) is 6.54 Å². The molecule has 2 aliphatic heterocycles. The minimum Gasteiger partial charge on any atom is -0.492 e. The Kier molecular flexibility index (Phi) is 4.01. The lowest BCUT2D eigenvalue weighted by Gasteiger charge is -2.33. The average Bonchev–Trinajstić information content (AvgIpc) is 2.78. The molecule has 0 atom stereocenters. The quantitative estimate of drug-likeness (QED) is 0.883. The van der Waals surface area contributed by atoms with E-state index in [1.807, 2.05) is 29.2 Å². The van der Waals surface area contributed by atoms with E-state index in [-0.39, 0.29) is 11.6 Å². The molecular weight excluding hydrogens is 266 g/mol. The lowest BCUT2D eigenvalue weighted by atomic mass is 9.89. The Morgan fingerprint density at radius 3 is 2.67 bits per heavy atom. The highest BCUT2D eigenvalue weighted by Crippen LogP contribution is 2.25. The third-order valence-electron chi connectivity index (χ3n) is 4.36. The molecule has 1 aromatic carbocycles. The van der Waals surface area contributed by atoms with Crippen LogP contribution in [0.3, 0.4) is 0 Å². The molecular formula is C16H23N3O2. The van der Waals surface area contributed by atoms with Crippen LogP contribution >= 0.6 is 0 Å². The molecule has 2 aliphatic rings. The Morgan fingerprint density at radius 1 is 1.24 bits per heavy atom. The van der Waals surface area contributed by atoms with Crippen LogP contribution in [0.5, 0.6) is 5.75 Å². The first kappa shape index (κ1) is 14.2. The summed E-state index contributed by atoms with van der Waals surface area (Å²) in [5.74, 6) is 0.858. The number of amides is 2. The standard InChI is InChI=1S/C16H23N3O2/c1-13-2-4-14(5-3-13)21-11-10-19-12-16(18-15(19)20)6-8-17-9-7-16/h2-5,17H,6-12H2,1H3,(H,18,20). The smallest absolute Gasteiger partial charge is 0.318 e. The van der Waals surface area contributed by atoms with Crippen molar-refractivity contribution in [1.29, 1.82) is 0 Å². The van der Waals surface area contributed by atoms with E-state index in [0.717, 1.165) is 38.2 Å². The summed E-state index contributed by atoms with van der Waals surface area (Å²) in [7, 11) is 0. The Bertz CT molecular complexity index is 495. The minimum atomic E-state index is -0.0216. The zero-order valence-electron chi connectivity index (χ0n) is 12.5. The number of carbonyl (C=O) groups is 1. The molecule has 1 aromatic rings. The number of piperidine rings is 1. The highest BCUT2D eigenvalue weighted by atomic mass is 16.5. The van der Waals surface area contributed by atoms with Gasteiger partial charge in [0.2, 0.25) is 0 Å². The first-order valence-electron chi connectivity index (χ1n) is 7.64. The number of benzene rings is 1. The van der Waals surface area contributed by atoms with Crippen molar-refractivity contribution in [2.45, 2.75) is 25.3 Å². The van der Waals surface area contributed by atoms with Crippen LogP contribution in [0.4, 0.5) is 4.79 Å². The highest BCUT2D eigenvalue weighted by molar-refractivity contribution is 5.78. The lowest BCUT2D eigenvalue weighted by molar-refractivity contribution is 0.200. The van der Waals surface area contributed by atoms with Gasteiger partial charge in [0.15, 0.2) is 0 Å². The molecule has 5 nitrogen and oxygen atoms in total. The zero-order valence-corrected chi connectivity index (χ0v) is 12.5. The molecule has 2 saturated heterocycles. The number of hydrogen-bond donors (Lipinski definition) is 2. The maximum Gasteiger partial charge on any atom is 0.318 e. The second-order valence-corrected chi connectivity index (χ2v) is 6.04. The number of nitrogens with one attached hydrogen (secondary N) is 2.